The van der Waals surface area contributed by atoms with E-state index in [4.69, 9.17) is 19.1 Å². The lowest BCUT2D eigenvalue weighted by molar-refractivity contribution is 0.0706. The van der Waals surface area contributed by atoms with Crippen LogP contribution in [-0.4, -0.2) is 36.8 Å². The van der Waals surface area contributed by atoms with Crippen molar-refractivity contribution in [2.75, 3.05) is 19.8 Å². The highest BCUT2D eigenvalue weighted by molar-refractivity contribution is 5.99. The number of nitrogens with one attached hydrogen (secondary N) is 2. The maximum Gasteiger partial charge on any atom is 0.287 e. The number of benzene rings is 2. The lowest BCUT2D eigenvalue weighted by atomic mass is 10.1. The second-order valence-electron chi connectivity index (χ2n) is 6.53. The van der Waals surface area contributed by atoms with Gasteiger partial charge in [-0.05, 0) is 36.8 Å². The molecule has 0 atom stereocenters. The largest absolute Gasteiger partial charge is 0.492 e. The molecule has 1 heterocycles. The van der Waals surface area contributed by atoms with E-state index in [-0.39, 0.29) is 24.8 Å². The van der Waals surface area contributed by atoms with Gasteiger partial charge in [-0.25, -0.2) is 5.48 Å². The van der Waals surface area contributed by atoms with Crippen LogP contribution in [0.1, 0.15) is 39.8 Å². The maximum absolute atomic E-state index is 12.6. The lowest BCUT2D eigenvalue weighted by Crippen LogP contribution is -2.28. The molecular formula is C22H24N2O6. The third-order valence-corrected chi connectivity index (χ3v) is 4.37. The fourth-order valence-corrected chi connectivity index (χ4v) is 2.92. The first-order valence-electron chi connectivity index (χ1n) is 9.67. The summed E-state index contributed by atoms with van der Waals surface area (Å²) in [4.78, 5) is 24.0. The number of carbonyl (C=O) groups excluding carboxylic acids is 2. The first kappa shape index (κ1) is 21.4. The van der Waals surface area contributed by atoms with Crippen molar-refractivity contribution in [3.63, 3.8) is 0 Å². The Bertz CT molecular complexity index is 997. The first-order valence-corrected chi connectivity index (χ1v) is 9.67. The number of fused-ring (bicyclic) bond motifs is 1. The number of rotatable bonds is 10. The van der Waals surface area contributed by atoms with E-state index in [2.05, 4.69) is 5.32 Å². The van der Waals surface area contributed by atoms with Gasteiger partial charge in [-0.2, -0.15) is 0 Å². The van der Waals surface area contributed by atoms with Crippen molar-refractivity contribution in [3.05, 3.63) is 65.4 Å². The first-order chi connectivity index (χ1) is 14.6. The zero-order valence-corrected chi connectivity index (χ0v) is 16.6. The molecule has 8 nitrogen and oxygen atoms in total. The monoisotopic (exact) mass is 412 g/mol. The standard InChI is InChI=1S/C22H24N2O6/c1-2-12-28-14-18-17-5-3-4-6-19(17)30-20(18)22(26)23-11-13-29-16-9-7-15(8-10-16)21(25)24-27/h3-10,27H,2,11-14H2,1H3,(H,23,26)(H,24,25). The molecule has 0 aliphatic heterocycles. The van der Waals surface area contributed by atoms with Crippen molar-refractivity contribution < 1.29 is 28.7 Å². The maximum atomic E-state index is 12.6. The molecule has 0 aliphatic carbocycles. The second kappa shape index (κ2) is 10.4. The van der Waals surface area contributed by atoms with Crippen LogP contribution in [0, 0.1) is 0 Å². The van der Waals surface area contributed by atoms with Crippen LogP contribution < -0.4 is 15.5 Å². The zero-order chi connectivity index (χ0) is 21.3. The predicted molar refractivity (Wildman–Crippen MR) is 110 cm³/mol. The number of para-hydroxylation sites is 1. The van der Waals surface area contributed by atoms with Gasteiger partial charge in [-0.15, -0.1) is 0 Å². The van der Waals surface area contributed by atoms with Gasteiger partial charge in [0.05, 0.1) is 13.2 Å². The van der Waals surface area contributed by atoms with Crippen LogP contribution in [0.5, 0.6) is 5.75 Å². The summed E-state index contributed by atoms with van der Waals surface area (Å²) in [5, 5.41) is 12.3. The van der Waals surface area contributed by atoms with Crippen molar-refractivity contribution in [2.45, 2.75) is 20.0 Å². The molecule has 2 amide bonds. The Kier molecular flexibility index (Phi) is 7.42. The Hall–Kier alpha value is -3.36. The molecule has 0 bridgehead atoms. The minimum atomic E-state index is -0.599. The molecule has 30 heavy (non-hydrogen) atoms. The van der Waals surface area contributed by atoms with Crippen LogP contribution in [0.4, 0.5) is 0 Å². The molecule has 0 saturated carbocycles. The SMILES string of the molecule is CCCOCc1c(C(=O)NCCOc2ccc(C(=O)NO)cc2)oc2ccccc12. The quantitative estimate of drug-likeness (QED) is 0.268. The number of hydrogen-bond acceptors (Lipinski definition) is 6. The highest BCUT2D eigenvalue weighted by atomic mass is 16.5. The van der Waals surface area contributed by atoms with E-state index < -0.39 is 5.91 Å². The van der Waals surface area contributed by atoms with Gasteiger partial charge < -0.3 is 19.2 Å². The molecule has 0 aliphatic rings. The lowest BCUT2D eigenvalue weighted by Gasteiger charge is -2.08. The van der Waals surface area contributed by atoms with Gasteiger partial charge in [0, 0.05) is 23.1 Å². The van der Waals surface area contributed by atoms with Gasteiger partial charge in [0.2, 0.25) is 0 Å². The van der Waals surface area contributed by atoms with Crippen molar-refractivity contribution >= 4 is 22.8 Å². The van der Waals surface area contributed by atoms with Gasteiger partial charge >= 0.3 is 0 Å². The number of ether oxygens (including phenoxy) is 2. The third-order valence-electron chi connectivity index (χ3n) is 4.37. The molecule has 0 fully saturated rings. The summed E-state index contributed by atoms with van der Waals surface area (Å²) in [6.07, 6.45) is 0.889. The molecule has 1 aromatic heterocycles. The van der Waals surface area contributed by atoms with E-state index in [0.717, 1.165) is 17.4 Å². The van der Waals surface area contributed by atoms with E-state index in [0.29, 0.717) is 30.1 Å². The average molecular weight is 412 g/mol. The second-order valence-corrected chi connectivity index (χ2v) is 6.53. The summed E-state index contributed by atoms with van der Waals surface area (Å²) < 4.78 is 17.0. The van der Waals surface area contributed by atoms with Crippen molar-refractivity contribution in [1.82, 2.24) is 10.8 Å². The van der Waals surface area contributed by atoms with E-state index in [1.807, 2.05) is 31.2 Å². The third kappa shape index (κ3) is 5.16. The highest BCUT2D eigenvalue weighted by Gasteiger charge is 2.20. The van der Waals surface area contributed by atoms with E-state index in [1.165, 1.54) is 12.1 Å². The minimum Gasteiger partial charge on any atom is -0.492 e. The Morgan fingerprint density at radius 1 is 1.03 bits per heavy atom. The number of hydroxylamine groups is 1. The van der Waals surface area contributed by atoms with E-state index >= 15 is 0 Å². The van der Waals surface area contributed by atoms with Gasteiger partial charge in [0.1, 0.15) is 17.9 Å². The molecule has 0 unspecified atom stereocenters. The van der Waals surface area contributed by atoms with Crippen molar-refractivity contribution in [3.8, 4) is 5.75 Å². The Morgan fingerprint density at radius 2 is 1.80 bits per heavy atom. The molecule has 3 N–H and O–H groups in total. The molecule has 158 valence electrons. The summed E-state index contributed by atoms with van der Waals surface area (Å²) >= 11 is 0. The van der Waals surface area contributed by atoms with E-state index in [9.17, 15) is 9.59 Å². The number of hydrogen-bond donors (Lipinski definition) is 3. The average Bonchev–Trinajstić information content (AvgIpc) is 3.15. The van der Waals surface area contributed by atoms with Gasteiger partial charge in [0.15, 0.2) is 5.76 Å². The summed E-state index contributed by atoms with van der Waals surface area (Å²) in [6, 6.07) is 13.7. The Labute approximate surface area is 173 Å². The van der Waals surface area contributed by atoms with Crippen molar-refractivity contribution in [1.29, 1.82) is 0 Å². The summed E-state index contributed by atoms with van der Waals surface area (Å²) in [6.45, 7) is 3.43. The molecule has 0 saturated heterocycles. The summed E-state index contributed by atoms with van der Waals surface area (Å²) in [7, 11) is 0. The highest BCUT2D eigenvalue weighted by Crippen LogP contribution is 2.26. The predicted octanol–water partition coefficient (Wildman–Crippen LogP) is 3.29. The minimum absolute atomic E-state index is 0.235. The topological polar surface area (TPSA) is 110 Å². The summed E-state index contributed by atoms with van der Waals surface area (Å²) in [5.74, 6) is -0.152. The Balaban J connectivity index is 1.57. The van der Waals surface area contributed by atoms with Crippen LogP contribution in [0.3, 0.4) is 0 Å². The van der Waals surface area contributed by atoms with Gasteiger partial charge in [-0.3, -0.25) is 14.8 Å². The van der Waals surface area contributed by atoms with Crippen LogP contribution in [-0.2, 0) is 11.3 Å². The zero-order valence-electron chi connectivity index (χ0n) is 16.6. The van der Waals surface area contributed by atoms with Gasteiger partial charge in [-0.1, -0.05) is 25.1 Å². The molecular weight excluding hydrogens is 388 g/mol. The Morgan fingerprint density at radius 3 is 2.53 bits per heavy atom. The fourth-order valence-electron chi connectivity index (χ4n) is 2.92. The summed E-state index contributed by atoms with van der Waals surface area (Å²) in [5.41, 5.74) is 3.24. The fraction of sp³-hybridized carbons (Fsp3) is 0.273. The number of carbonyl (C=O) groups is 2. The molecule has 3 rings (SSSR count). The van der Waals surface area contributed by atoms with Crippen LogP contribution >= 0.6 is 0 Å². The number of amides is 2. The van der Waals surface area contributed by atoms with Crippen LogP contribution in [0.25, 0.3) is 11.0 Å². The van der Waals surface area contributed by atoms with Gasteiger partial charge in [0.25, 0.3) is 11.8 Å². The molecule has 8 heteroatoms. The smallest absolute Gasteiger partial charge is 0.287 e. The molecule has 0 spiro atoms. The van der Waals surface area contributed by atoms with Crippen LogP contribution in [0.2, 0.25) is 0 Å². The molecule has 0 radical (unpaired) electrons. The number of furan rings is 1. The van der Waals surface area contributed by atoms with Crippen LogP contribution in [0.15, 0.2) is 52.9 Å². The normalized spacial score (nSPS) is 10.7. The van der Waals surface area contributed by atoms with Crippen molar-refractivity contribution in [2.24, 2.45) is 0 Å². The molecule has 3 aromatic rings. The molecule has 2 aromatic carbocycles. The van der Waals surface area contributed by atoms with E-state index in [1.54, 1.807) is 17.6 Å².